The summed E-state index contributed by atoms with van der Waals surface area (Å²) in [4.78, 5) is 17.3. The molecule has 104 valence electrons. The molecule has 1 amide bonds. The number of carbonyl (C=O) groups is 1. The molecular formula is C13H17ClN2O3. The van der Waals surface area contributed by atoms with Gasteiger partial charge in [-0.2, -0.15) is 0 Å². The molecule has 0 N–H and O–H groups in total. The molecule has 5 nitrogen and oxygen atoms in total. The topological polar surface area (TPSA) is 51.7 Å². The fraction of sp³-hybridized carbons (Fsp3) is 0.538. The lowest BCUT2D eigenvalue weighted by Gasteiger charge is -2.31. The van der Waals surface area contributed by atoms with Crippen LogP contribution in [0.15, 0.2) is 18.3 Å². The van der Waals surface area contributed by atoms with Crippen LogP contribution in [0.25, 0.3) is 0 Å². The zero-order valence-electron chi connectivity index (χ0n) is 10.8. The SMILES string of the molecule is CCOC(=O)N1CCC(Oc2ncccc2Cl)CC1. The highest BCUT2D eigenvalue weighted by Crippen LogP contribution is 2.24. The summed E-state index contributed by atoms with van der Waals surface area (Å²) in [6, 6.07) is 3.51. The quantitative estimate of drug-likeness (QED) is 0.856. The van der Waals surface area contributed by atoms with Crippen molar-refractivity contribution in [3.8, 4) is 5.88 Å². The molecule has 0 saturated carbocycles. The van der Waals surface area contributed by atoms with Gasteiger partial charge in [0.2, 0.25) is 5.88 Å². The first-order valence-electron chi connectivity index (χ1n) is 6.39. The van der Waals surface area contributed by atoms with Gasteiger partial charge in [-0.1, -0.05) is 11.6 Å². The molecule has 0 aromatic carbocycles. The summed E-state index contributed by atoms with van der Waals surface area (Å²) in [6.07, 6.45) is 2.95. The first kappa shape index (κ1) is 13.9. The summed E-state index contributed by atoms with van der Waals surface area (Å²) in [7, 11) is 0. The second kappa shape index (κ2) is 6.61. The van der Waals surface area contributed by atoms with Crippen LogP contribution >= 0.6 is 11.6 Å². The lowest BCUT2D eigenvalue weighted by atomic mass is 10.1. The Morgan fingerprint density at radius 2 is 2.26 bits per heavy atom. The van der Waals surface area contributed by atoms with E-state index in [9.17, 15) is 4.79 Å². The van der Waals surface area contributed by atoms with E-state index in [0.29, 0.717) is 30.6 Å². The number of aromatic nitrogens is 1. The van der Waals surface area contributed by atoms with Crippen LogP contribution in [0.1, 0.15) is 19.8 Å². The number of amides is 1. The summed E-state index contributed by atoms with van der Waals surface area (Å²) >= 11 is 5.99. The highest BCUT2D eigenvalue weighted by atomic mass is 35.5. The number of ether oxygens (including phenoxy) is 2. The van der Waals surface area contributed by atoms with Gasteiger partial charge < -0.3 is 14.4 Å². The maximum atomic E-state index is 11.5. The van der Waals surface area contributed by atoms with Crippen LogP contribution in [0.2, 0.25) is 5.02 Å². The van der Waals surface area contributed by atoms with Crippen molar-refractivity contribution in [2.45, 2.75) is 25.9 Å². The fourth-order valence-corrected chi connectivity index (χ4v) is 2.15. The van der Waals surface area contributed by atoms with Gasteiger partial charge in [0, 0.05) is 32.1 Å². The van der Waals surface area contributed by atoms with Crippen LogP contribution in [-0.4, -0.2) is 41.8 Å². The van der Waals surface area contributed by atoms with Crippen molar-refractivity contribution in [2.75, 3.05) is 19.7 Å². The minimum Gasteiger partial charge on any atom is -0.473 e. The van der Waals surface area contributed by atoms with Crippen molar-refractivity contribution in [1.29, 1.82) is 0 Å². The lowest BCUT2D eigenvalue weighted by Crippen LogP contribution is -2.42. The van der Waals surface area contributed by atoms with Crippen LogP contribution < -0.4 is 4.74 Å². The van der Waals surface area contributed by atoms with Gasteiger partial charge in [0.25, 0.3) is 0 Å². The number of piperidine rings is 1. The van der Waals surface area contributed by atoms with Crippen molar-refractivity contribution in [1.82, 2.24) is 9.88 Å². The van der Waals surface area contributed by atoms with Gasteiger partial charge >= 0.3 is 6.09 Å². The van der Waals surface area contributed by atoms with E-state index in [-0.39, 0.29) is 12.2 Å². The molecule has 0 unspecified atom stereocenters. The first-order chi connectivity index (χ1) is 9.20. The van der Waals surface area contributed by atoms with E-state index in [1.807, 2.05) is 0 Å². The van der Waals surface area contributed by atoms with Crippen molar-refractivity contribution in [3.05, 3.63) is 23.4 Å². The third kappa shape index (κ3) is 3.73. The van der Waals surface area contributed by atoms with Gasteiger partial charge in [-0.15, -0.1) is 0 Å². The zero-order valence-corrected chi connectivity index (χ0v) is 11.6. The Labute approximate surface area is 117 Å². The van der Waals surface area contributed by atoms with E-state index >= 15 is 0 Å². The molecule has 0 aliphatic carbocycles. The van der Waals surface area contributed by atoms with Crippen LogP contribution in [0.5, 0.6) is 5.88 Å². The average molecular weight is 285 g/mol. The molecule has 1 aromatic rings. The van der Waals surface area contributed by atoms with Crippen LogP contribution in [-0.2, 0) is 4.74 Å². The number of hydrogen-bond donors (Lipinski definition) is 0. The summed E-state index contributed by atoms with van der Waals surface area (Å²) < 4.78 is 10.7. The monoisotopic (exact) mass is 284 g/mol. The Bertz CT molecular complexity index is 434. The predicted octanol–water partition coefficient (Wildman–Crippen LogP) is 2.73. The average Bonchev–Trinajstić information content (AvgIpc) is 2.42. The minimum absolute atomic E-state index is 0.0399. The number of pyridine rings is 1. The Morgan fingerprint density at radius 1 is 1.53 bits per heavy atom. The van der Waals surface area contributed by atoms with Gasteiger partial charge in [0.15, 0.2) is 0 Å². The molecule has 1 saturated heterocycles. The lowest BCUT2D eigenvalue weighted by molar-refractivity contribution is 0.0688. The molecule has 6 heteroatoms. The molecule has 1 aliphatic heterocycles. The molecule has 1 aromatic heterocycles. The molecule has 0 atom stereocenters. The summed E-state index contributed by atoms with van der Waals surface area (Å²) in [5, 5.41) is 0.510. The summed E-state index contributed by atoms with van der Waals surface area (Å²) in [6.45, 7) is 3.47. The number of halogens is 1. The minimum atomic E-state index is -0.253. The van der Waals surface area contributed by atoms with E-state index in [4.69, 9.17) is 21.1 Å². The normalized spacial score (nSPS) is 16.2. The maximum Gasteiger partial charge on any atom is 0.409 e. The molecule has 19 heavy (non-hydrogen) atoms. The summed E-state index contributed by atoms with van der Waals surface area (Å²) in [5.41, 5.74) is 0. The Kier molecular flexibility index (Phi) is 4.85. The van der Waals surface area contributed by atoms with Gasteiger partial charge in [0.1, 0.15) is 11.1 Å². The molecule has 0 radical (unpaired) electrons. The smallest absolute Gasteiger partial charge is 0.409 e. The van der Waals surface area contributed by atoms with E-state index in [1.165, 1.54) is 0 Å². The van der Waals surface area contributed by atoms with E-state index in [0.717, 1.165) is 12.8 Å². The van der Waals surface area contributed by atoms with Crippen LogP contribution in [0.3, 0.4) is 0 Å². The molecule has 2 heterocycles. The third-order valence-corrected chi connectivity index (χ3v) is 3.26. The maximum absolute atomic E-state index is 11.5. The largest absolute Gasteiger partial charge is 0.473 e. The van der Waals surface area contributed by atoms with E-state index in [1.54, 1.807) is 30.2 Å². The second-order valence-corrected chi connectivity index (χ2v) is 4.70. The highest BCUT2D eigenvalue weighted by Gasteiger charge is 2.25. The Morgan fingerprint density at radius 3 is 2.89 bits per heavy atom. The third-order valence-electron chi connectivity index (χ3n) is 2.97. The second-order valence-electron chi connectivity index (χ2n) is 4.29. The Hall–Kier alpha value is -1.49. The molecule has 1 aliphatic rings. The molecule has 0 bridgehead atoms. The summed E-state index contributed by atoms with van der Waals surface area (Å²) in [5.74, 6) is 0.457. The van der Waals surface area contributed by atoms with Gasteiger partial charge in [-0.05, 0) is 19.1 Å². The highest BCUT2D eigenvalue weighted by molar-refractivity contribution is 6.31. The number of carbonyl (C=O) groups excluding carboxylic acids is 1. The molecule has 1 fully saturated rings. The van der Waals surface area contributed by atoms with Gasteiger partial charge in [-0.25, -0.2) is 9.78 Å². The Balaban J connectivity index is 1.84. The van der Waals surface area contributed by atoms with E-state index in [2.05, 4.69) is 4.98 Å². The van der Waals surface area contributed by atoms with Gasteiger partial charge in [0.05, 0.1) is 6.61 Å². The number of rotatable bonds is 3. The molecule has 2 rings (SSSR count). The number of nitrogens with zero attached hydrogens (tertiary/aromatic N) is 2. The standard InChI is InChI=1S/C13H17ClN2O3/c1-2-18-13(17)16-8-5-10(6-9-16)19-12-11(14)4-3-7-15-12/h3-4,7,10H,2,5-6,8-9H2,1H3. The predicted molar refractivity (Wildman–Crippen MR) is 71.5 cm³/mol. The van der Waals surface area contributed by atoms with Crippen molar-refractivity contribution in [2.24, 2.45) is 0 Å². The van der Waals surface area contributed by atoms with Crippen molar-refractivity contribution < 1.29 is 14.3 Å². The molecule has 0 spiro atoms. The zero-order chi connectivity index (χ0) is 13.7. The van der Waals surface area contributed by atoms with Crippen LogP contribution in [0.4, 0.5) is 4.79 Å². The van der Waals surface area contributed by atoms with Crippen LogP contribution in [0, 0.1) is 0 Å². The van der Waals surface area contributed by atoms with Crippen molar-refractivity contribution >= 4 is 17.7 Å². The van der Waals surface area contributed by atoms with Crippen molar-refractivity contribution in [3.63, 3.8) is 0 Å². The first-order valence-corrected chi connectivity index (χ1v) is 6.77. The fourth-order valence-electron chi connectivity index (χ4n) is 1.99. The molecular weight excluding hydrogens is 268 g/mol. The van der Waals surface area contributed by atoms with E-state index < -0.39 is 0 Å². The number of likely N-dealkylation sites (tertiary alicyclic amines) is 1. The van der Waals surface area contributed by atoms with Gasteiger partial charge in [-0.3, -0.25) is 0 Å². The number of hydrogen-bond acceptors (Lipinski definition) is 4.